The summed E-state index contributed by atoms with van der Waals surface area (Å²) in [7, 11) is 4.17. The lowest BCUT2D eigenvalue weighted by Crippen LogP contribution is -2.45. The normalized spacial score (nSPS) is 24.3. The lowest BCUT2D eigenvalue weighted by molar-refractivity contribution is -0.0178. The third-order valence-electron chi connectivity index (χ3n) is 5.48. The molecule has 2 aromatic rings. The molecule has 2 fully saturated rings. The van der Waals surface area contributed by atoms with E-state index in [1.54, 1.807) is 0 Å². The Hall–Kier alpha value is -2.03. The maximum absolute atomic E-state index is 6.02. The third kappa shape index (κ3) is 4.28. The van der Waals surface area contributed by atoms with E-state index < -0.39 is 0 Å². The van der Waals surface area contributed by atoms with Crippen molar-refractivity contribution < 1.29 is 4.74 Å². The number of aryl methyl sites for hydroxylation is 1. The van der Waals surface area contributed by atoms with Crippen LogP contribution >= 0.6 is 0 Å². The minimum Gasteiger partial charge on any atom is -0.369 e. The minimum atomic E-state index is -0.00992. The number of piperazine rings is 1. The van der Waals surface area contributed by atoms with Crippen molar-refractivity contribution in [3.05, 3.63) is 36.2 Å². The number of nitrogens with zero attached hydrogens (tertiary/aromatic N) is 6. The van der Waals surface area contributed by atoms with E-state index in [-0.39, 0.29) is 12.1 Å². The highest BCUT2D eigenvalue weighted by Crippen LogP contribution is 2.27. The van der Waals surface area contributed by atoms with Crippen LogP contribution in [0.4, 0.5) is 5.95 Å². The summed E-state index contributed by atoms with van der Waals surface area (Å²) in [5.41, 5.74) is 1.09. The quantitative estimate of drug-likeness (QED) is 0.840. The van der Waals surface area contributed by atoms with Crippen molar-refractivity contribution in [1.29, 1.82) is 0 Å². The topological polar surface area (TPSA) is 71.3 Å². The zero-order valence-corrected chi connectivity index (χ0v) is 16.2. The van der Waals surface area contributed by atoms with E-state index in [1.165, 1.54) is 0 Å². The summed E-state index contributed by atoms with van der Waals surface area (Å²) in [6, 6.07) is 0.247. The monoisotopic (exact) mass is 371 g/mol. The highest BCUT2D eigenvalue weighted by molar-refractivity contribution is 5.30. The van der Waals surface area contributed by atoms with Crippen molar-refractivity contribution in [2.24, 2.45) is 7.05 Å². The van der Waals surface area contributed by atoms with Gasteiger partial charge in [-0.25, -0.2) is 15.0 Å². The van der Waals surface area contributed by atoms with Crippen molar-refractivity contribution in [3.63, 3.8) is 0 Å². The number of imidazole rings is 1. The van der Waals surface area contributed by atoms with Crippen molar-refractivity contribution in [2.75, 3.05) is 44.7 Å². The standard InChI is InChI=1S/C19H29N7O/c1-24-7-9-26(10-8-24)19-22-13-15(14-23-19)12-21-16-4-3-11-27-17(16)18-20-5-6-25(18)2/h5-6,13-14,16-17,21H,3-4,7-12H2,1-2H3/t16-,17-/m0/s1. The Morgan fingerprint density at radius 1 is 1.11 bits per heavy atom. The van der Waals surface area contributed by atoms with Gasteiger partial charge in [0.25, 0.3) is 0 Å². The number of hydrogen-bond donors (Lipinski definition) is 1. The van der Waals surface area contributed by atoms with Gasteiger partial charge < -0.3 is 24.4 Å². The third-order valence-corrected chi connectivity index (χ3v) is 5.48. The van der Waals surface area contributed by atoms with Crippen molar-refractivity contribution in [1.82, 2.24) is 29.7 Å². The molecule has 2 atom stereocenters. The van der Waals surface area contributed by atoms with Crippen LogP contribution in [0.2, 0.25) is 0 Å². The molecule has 27 heavy (non-hydrogen) atoms. The van der Waals surface area contributed by atoms with Crippen molar-refractivity contribution in [2.45, 2.75) is 31.5 Å². The predicted octanol–water partition coefficient (Wildman–Crippen LogP) is 0.972. The van der Waals surface area contributed by atoms with E-state index >= 15 is 0 Å². The second-order valence-corrected chi connectivity index (χ2v) is 7.50. The Bertz CT molecular complexity index is 724. The molecule has 2 aromatic heterocycles. The first-order chi connectivity index (χ1) is 13.2. The fourth-order valence-corrected chi connectivity index (χ4v) is 3.75. The summed E-state index contributed by atoms with van der Waals surface area (Å²) in [5.74, 6) is 1.81. The van der Waals surface area contributed by atoms with Crippen molar-refractivity contribution >= 4 is 5.95 Å². The molecule has 0 aliphatic carbocycles. The van der Waals surface area contributed by atoms with Gasteiger partial charge in [-0.1, -0.05) is 0 Å². The van der Waals surface area contributed by atoms with Crippen LogP contribution in [0.3, 0.4) is 0 Å². The Morgan fingerprint density at radius 2 is 1.89 bits per heavy atom. The number of nitrogens with one attached hydrogen (secondary N) is 1. The molecule has 8 nitrogen and oxygen atoms in total. The molecule has 1 N–H and O–H groups in total. The van der Waals surface area contributed by atoms with Gasteiger partial charge in [0, 0.05) is 82.8 Å². The molecule has 8 heteroatoms. The number of hydrogen-bond acceptors (Lipinski definition) is 7. The first kappa shape index (κ1) is 18.3. The summed E-state index contributed by atoms with van der Waals surface area (Å²) in [6.45, 7) is 5.61. The fraction of sp³-hybridized carbons (Fsp3) is 0.632. The van der Waals surface area contributed by atoms with Gasteiger partial charge in [0.15, 0.2) is 0 Å². The molecule has 2 aliphatic heterocycles. The second kappa shape index (κ2) is 8.33. The summed E-state index contributed by atoms with van der Waals surface area (Å²) in [4.78, 5) is 18.2. The number of ether oxygens (including phenoxy) is 1. The van der Waals surface area contributed by atoms with Crippen LogP contribution < -0.4 is 10.2 Å². The average Bonchev–Trinajstić information content (AvgIpc) is 3.13. The van der Waals surface area contributed by atoms with Crippen molar-refractivity contribution in [3.8, 4) is 0 Å². The minimum absolute atomic E-state index is 0.00992. The zero-order valence-electron chi connectivity index (χ0n) is 16.2. The van der Waals surface area contributed by atoms with Gasteiger partial charge in [-0.3, -0.25) is 0 Å². The Morgan fingerprint density at radius 3 is 2.59 bits per heavy atom. The molecular formula is C19H29N7O. The Kier molecular flexibility index (Phi) is 5.66. The van der Waals surface area contributed by atoms with Crippen LogP contribution in [0, 0.1) is 0 Å². The molecule has 0 unspecified atom stereocenters. The molecule has 0 aromatic carbocycles. The summed E-state index contributed by atoms with van der Waals surface area (Å²) >= 11 is 0. The van der Waals surface area contributed by atoms with Crippen LogP contribution in [-0.2, 0) is 18.3 Å². The van der Waals surface area contributed by atoms with Crippen LogP contribution in [0.25, 0.3) is 0 Å². The maximum Gasteiger partial charge on any atom is 0.225 e. The SMILES string of the molecule is CN1CCN(c2ncc(CN[C@H]3CCCO[C@@H]3c3nccn3C)cn2)CC1. The van der Waals surface area contributed by atoms with E-state index in [0.717, 1.165) is 69.5 Å². The smallest absolute Gasteiger partial charge is 0.225 e. The molecule has 0 bridgehead atoms. The van der Waals surface area contributed by atoms with Gasteiger partial charge in [-0.05, 0) is 19.9 Å². The molecular weight excluding hydrogens is 342 g/mol. The molecule has 2 saturated heterocycles. The summed E-state index contributed by atoms with van der Waals surface area (Å²) in [5, 5.41) is 3.63. The lowest BCUT2D eigenvalue weighted by Gasteiger charge is -2.32. The van der Waals surface area contributed by atoms with Gasteiger partial charge >= 0.3 is 0 Å². The number of rotatable bonds is 5. The summed E-state index contributed by atoms with van der Waals surface area (Å²) in [6.07, 6.45) is 9.81. The Labute approximate surface area is 160 Å². The molecule has 146 valence electrons. The van der Waals surface area contributed by atoms with Gasteiger partial charge in [0.2, 0.25) is 5.95 Å². The fourth-order valence-electron chi connectivity index (χ4n) is 3.75. The maximum atomic E-state index is 6.02. The highest BCUT2D eigenvalue weighted by Gasteiger charge is 2.30. The number of anilines is 1. The van der Waals surface area contributed by atoms with E-state index in [9.17, 15) is 0 Å². The van der Waals surface area contributed by atoms with Gasteiger partial charge in [0.1, 0.15) is 11.9 Å². The van der Waals surface area contributed by atoms with Crippen LogP contribution in [0.1, 0.15) is 30.3 Å². The largest absolute Gasteiger partial charge is 0.369 e. The molecule has 0 spiro atoms. The van der Waals surface area contributed by atoms with E-state index in [0.29, 0.717) is 0 Å². The van der Waals surface area contributed by atoms with Gasteiger partial charge in [-0.15, -0.1) is 0 Å². The second-order valence-electron chi connectivity index (χ2n) is 7.50. The Balaban J connectivity index is 1.35. The van der Waals surface area contributed by atoms with E-state index in [2.05, 4.69) is 37.1 Å². The van der Waals surface area contributed by atoms with Gasteiger partial charge in [0.05, 0.1) is 0 Å². The molecule has 4 heterocycles. The van der Waals surface area contributed by atoms with E-state index in [1.807, 2.05) is 36.4 Å². The van der Waals surface area contributed by atoms with Gasteiger partial charge in [-0.2, -0.15) is 0 Å². The predicted molar refractivity (Wildman–Crippen MR) is 104 cm³/mol. The summed E-state index contributed by atoms with van der Waals surface area (Å²) < 4.78 is 8.06. The molecule has 0 amide bonds. The van der Waals surface area contributed by atoms with Crippen LogP contribution in [0.5, 0.6) is 0 Å². The van der Waals surface area contributed by atoms with E-state index in [4.69, 9.17) is 4.74 Å². The highest BCUT2D eigenvalue weighted by atomic mass is 16.5. The average molecular weight is 371 g/mol. The van der Waals surface area contributed by atoms with Crippen LogP contribution in [-0.4, -0.2) is 70.3 Å². The first-order valence-corrected chi connectivity index (χ1v) is 9.77. The molecule has 2 aliphatic rings. The zero-order chi connectivity index (χ0) is 18.6. The first-order valence-electron chi connectivity index (χ1n) is 9.77. The number of likely N-dealkylation sites (N-methyl/N-ethyl adjacent to an activating group) is 1. The molecule has 4 rings (SSSR count). The lowest BCUT2D eigenvalue weighted by atomic mass is 10.0. The van der Waals surface area contributed by atoms with Crippen LogP contribution in [0.15, 0.2) is 24.8 Å². The number of aromatic nitrogens is 4. The molecule has 0 saturated carbocycles. The molecule has 0 radical (unpaired) electrons.